The van der Waals surface area contributed by atoms with Gasteiger partial charge in [-0.05, 0) is 43.7 Å². The van der Waals surface area contributed by atoms with Crippen molar-refractivity contribution in [2.75, 3.05) is 81.1 Å². The molecule has 0 aliphatic carbocycles. The molecule has 39 heavy (non-hydrogen) atoms. The Kier molecular flexibility index (Phi) is 7.01. The van der Waals surface area contributed by atoms with Gasteiger partial charge in [0.25, 0.3) is 5.91 Å². The number of fused-ring (bicyclic) bond motifs is 1. The van der Waals surface area contributed by atoms with E-state index in [4.69, 9.17) is 20.4 Å². The number of benzene rings is 1. The van der Waals surface area contributed by atoms with Gasteiger partial charge in [0.15, 0.2) is 0 Å². The first-order chi connectivity index (χ1) is 19.0. The van der Waals surface area contributed by atoms with E-state index in [-0.39, 0.29) is 11.9 Å². The Morgan fingerprint density at radius 3 is 2.44 bits per heavy atom. The third kappa shape index (κ3) is 4.99. The molecule has 5 heterocycles. The standard InChI is InChI=1S/C28H35N9O2/c1-3-34-8-10-35(11-9-34)26(38)20-4-5-23(19(2)16-20)37-7-6-22-24(21-17-30-27(29)31-18-21)32-28(33-25(22)37)36-12-14-39-15-13-36/h4-5,16-18H,3,6-15H2,1-2H3,(H2,29,30,31). The van der Waals surface area contributed by atoms with Crippen LogP contribution in [0.3, 0.4) is 0 Å². The van der Waals surface area contributed by atoms with Crippen LogP contribution in [0.25, 0.3) is 11.3 Å². The van der Waals surface area contributed by atoms with Gasteiger partial charge < -0.3 is 30.1 Å². The van der Waals surface area contributed by atoms with Gasteiger partial charge in [-0.25, -0.2) is 15.0 Å². The Balaban J connectivity index is 1.33. The highest BCUT2D eigenvalue weighted by atomic mass is 16.5. The number of amides is 1. The molecule has 0 saturated carbocycles. The van der Waals surface area contributed by atoms with Crippen molar-refractivity contribution in [2.24, 2.45) is 0 Å². The van der Waals surface area contributed by atoms with Crippen molar-refractivity contribution >= 4 is 29.3 Å². The van der Waals surface area contributed by atoms with E-state index in [0.717, 1.165) is 98.2 Å². The topological polar surface area (TPSA) is 117 Å². The van der Waals surface area contributed by atoms with Crippen molar-refractivity contribution in [3.05, 3.63) is 47.3 Å². The molecule has 0 spiro atoms. The molecule has 2 aromatic heterocycles. The number of likely N-dealkylation sites (N-methyl/N-ethyl adjacent to an activating group) is 1. The van der Waals surface area contributed by atoms with Crippen molar-refractivity contribution in [3.8, 4) is 11.3 Å². The largest absolute Gasteiger partial charge is 0.378 e. The van der Waals surface area contributed by atoms with E-state index in [1.54, 1.807) is 12.4 Å². The lowest BCUT2D eigenvalue weighted by molar-refractivity contribution is 0.0643. The van der Waals surface area contributed by atoms with E-state index in [9.17, 15) is 4.79 Å². The molecule has 2 N–H and O–H groups in total. The van der Waals surface area contributed by atoms with Crippen LogP contribution in [0.5, 0.6) is 0 Å². The van der Waals surface area contributed by atoms with Crippen molar-refractivity contribution < 1.29 is 9.53 Å². The first-order valence-electron chi connectivity index (χ1n) is 13.7. The molecule has 0 radical (unpaired) electrons. The third-order valence-electron chi connectivity index (χ3n) is 7.89. The molecule has 3 aromatic rings. The summed E-state index contributed by atoms with van der Waals surface area (Å²) < 4.78 is 5.56. The summed E-state index contributed by atoms with van der Waals surface area (Å²) in [6.07, 6.45) is 4.24. The number of hydrogen-bond acceptors (Lipinski definition) is 10. The maximum absolute atomic E-state index is 13.3. The summed E-state index contributed by atoms with van der Waals surface area (Å²) in [6, 6.07) is 6.02. The van der Waals surface area contributed by atoms with Crippen LogP contribution in [-0.2, 0) is 11.2 Å². The predicted octanol–water partition coefficient (Wildman–Crippen LogP) is 2.13. The minimum absolute atomic E-state index is 0.102. The molecule has 0 unspecified atom stereocenters. The monoisotopic (exact) mass is 529 g/mol. The van der Waals surface area contributed by atoms with Gasteiger partial charge in [-0.1, -0.05) is 6.92 Å². The predicted molar refractivity (Wildman–Crippen MR) is 150 cm³/mol. The lowest BCUT2D eigenvalue weighted by atomic mass is 10.1. The second-order valence-corrected chi connectivity index (χ2v) is 10.2. The minimum atomic E-state index is 0.102. The van der Waals surface area contributed by atoms with E-state index >= 15 is 0 Å². The summed E-state index contributed by atoms with van der Waals surface area (Å²) in [7, 11) is 0. The van der Waals surface area contributed by atoms with E-state index in [0.29, 0.717) is 19.2 Å². The van der Waals surface area contributed by atoms with E-state index < -0.39 is 0 Å². The number of morpholine rings is 1. The normalized spacial score (nSPS) is 17.9. The van der Waals surface area contributed by atoms with Crippen molar-refractivity contribution in [1.29, 1.82) is 0 Å². The molecule has 3 aliphatic heterocycles. The number of aromatic nitrogens is 4. The molecule has 0 bridgehead atoms. The number of piperazine rings is 1. The van der Waals surface area contributed by atoms with Gasteiger partial charge >= 0.3 is 0 Å². The zero-order valence-corrected chi connectivity index (χ0v) is 22.6. The van der Waals surface area contributed by atoms with Crippen molar-refractivity contribution in [1.82, 2.24) is 29.7 Å². The number of anilines is 4. The molecule has 2 fully saturated rings. The third-order valence-corrected chi connectivity index (χ3v) is 7.89. The highest BCUT2D eigenvalue weighted by molar-refractivity contribution is 5.95. The van der Waals surface area contributed by atoms with Gasteiger partial charge in [0.2, 0.25) is 11.9 Å². The molecular formula is C28H35N9O2. The van der Waals surface area contributed by atoms with Crippen LogP contribution in [0.15, 0.2) is 30.6 Å². The summed E-state index contributed by atoms with van der Waals surface area (Å²) in [5.41, 5.74) is 11.3. The molecular weight excluding hydrogens is 494 g/mol. The van der Waals surface area contributed by atoms with Gasteiger partial charge in [0.05, 0.1) is 18.9 Å². The Morgan fingerprint density at radius 1 is 1.00 bits per heavy atom. The van der Waals surface area contributed by atoms with Gasteiger partial charge in [0, 0.05) is 80.6 Å². The molecule has 3 aliphatic rings. The second-order valence-electron chi connectivity index (χ2n) is 10.2. The second kappa shape index (κ2) is 10.7. The molecule has 6 rings (SSSR count). The smallest absolute Gasteiger partial charge is 0.253 e. The zero-order valence-electron chi connectivity index (χ0n) is 22.6. The molecule has 2 saturated heterocycles. The van der Waals surface area contributed by atoms with Crippen molar-refractivity contribution in [3.63, 3.8) is 0 Å². The van der Waals surface area contributed by atoms with Crippen LogP contribution >= 0.6 is 0 Å². The highest BCUT2D eigenvalue weighted by Gasteiger charge is 2.30. The SMILES string of the molecule is CCN1CCN(C(=O)c2ccc(N3CCc4c(-c5cnc(N)nc5)nc(N5CCOCC5)nc43)c(C)c2)CC1. The number of nitrogens with zero attached hydrogens (tertiary/aromatic N) is 8. The Hall–Kier alpha value is -3.83. The van der Waals surface area contributed by atoms with E-state index in [2.05, 4.69) is 44.6 Å². The molecule has 0 atom stereocenters. The fourth-order valence-electron chi connectivity index (χ4n) is 5.62. The summed E-state index contributed by atoms with van der Waals surface area (Å²) in [5.74, 6) is 1.89. The van der Waals surface area contributed by atoms with Gasteiger partial charge in [-0.3, -0.25) is 4.79 Å². The van der Waals surface area contributed by atoms with Crippen LogP contribution < -0.4 is 15.5 Å². The van der Waals surface area contributed by atoms with Crippen LogP contribution in [0, 0.1) is 6.92 Å². The first-order valence-corrected chi connectivity index (χ1v) is 13.7. The van der Waals surface area contributed by atoms with E-state index in [1.165, 1.54) is 0 Å². The number of carbonyl (C=O) groups excluding carboxylic acids is 1. The Bertz CT molecular complexity index is 1350. The number of aryl methyl sites for hydroxylation is 1. The van der Waals surface area contributed by atoms with Gasteiger partial charge in [0.1, 0.15) is 5.82 Å². The Morgan fingerprint density at radius 2 is 1.74 bits per heavy atom. The molecule has 1 aromatic carbocycles. The summed E-state index contributed by atoms with van der Waals surface area (Å²) in [4.78, 5) is 40.5. The van der Waals surface area contributed by atoms with Crippen LogP contribution in [0.1, 0.15) is 28.4 Å². The number of carbonyl (C=O) groups is 1. The lowest BCUT2D eigenvalue weighted by Gasteiger charge is -2.34. The molecule has 204 valence electrons. The van der Waals surface area contributed by atoms with Crippen LogP contribution in [-0.4, -0.2) is 101 Å². The fraction of sp³-hybridized carbons (Fsp3) is 0.464. The average Bonchev–Trinajstić information content (AvgIpc) is 3.41. The van der Waals surface area contributed by atoms with E-state index in [1.807, 2.05) is 17.0 Å². The zero-order chi connectivity index (χ0) is 26.9. The number of nitrogen functional groups attached to an aromatic ring is 1. The first kappa shape index (κ1) is 25.4. The van der Waals surface area contributed by atoms with Gasteiger partial charge in [-0.2, -0.15) is 4.98 Å². The molecule has 1 amide bonds. The summed E-state index contributed by atoms with van der Waals surface area (Å²) in [6.45, 7) is 12.2. The number of ether oxygens (including phenoxy) is 1. The highest BCUT2D eigenvalue weighted by Crippen LogP contribution is 2.40. The number of rotatable bonds is 5. The fourth-order valence-corrected chi connectivity index (χ4v) is 5.62. The van der Waals surface area contributed by atoms with Gasteiger partial charge in [-0.15, -0.1) is 0 Å². The Labute approximate surface area is 228 Å². The number of nitrogens with two attached hydrogens (primary N) is 1. The summed E-state index contributed by atoms with van der Waals surface area (Å²) in [5, 5.41) is 0. The molecule has 11 heteroatoms. The summed E-state index contributed by atoms with van der Waals surface area (Å²) >= 11 is 0. The number of hydrogen-bond donors (Lipinski definition) is 1. The average molecular weight is 530 g/mol. The quantitative estimate of drug-likeness (QED) is 0.527. The maximum Gasteiger partial charge on any atom is 0.253 e. The minimum Gasteiger partial charge on any atom is -0.378 e. The maximum atomic E-state index is 13.3. The lowest BCUT2D eigenvalue weighted by Crippen LogP contribution is -2.48. The van der Waals surface area contributed by atoms with Crippen molar-refractivity contribution in [2.45, 2.75) is 20.3 Å². The molecule has 11 nitrogen and oxygen atoms in total. The van der Waals surface area contributed by atoms with Crippen LogP contribution in [0.2, 0.25) is 0 Å². The van der Waals surface area contributed by atoms with Crippen LogP contribution in [0.4, 0.5) is 23.4 Å².